The Morgan fingerprint density at radius 3 is 2.31 bits per heavy atom. The standard InChI is InChI=1S/C9H8BrF4N.ClH/c10-7-2-1-5(9(12,13)14)3-6(7)8(15)4-11;/h1-3,8H,4,15H2;1H/t8-;/m0./s1. The predicted molar refractivity (Wildman–Crippen MR) is 59.3 cm³/mol. The van der Waals surface area contributed by atoms with Gasteiger partial charge in [0, 0.05) is 4.47 Å². The summed E-state index contributed by atoms with van der Waals surface area (Å²) in [7, 11) is 0. The molecule has 0 unspecified atom stereocenters. The van der Waals surface area contributed by atoms with Gasteiger partial charge in [0.25, 0.3) is 0 Å². The summed E-state index contributed by atoms with van der Waals surface area (Å²) in [5.74, 6) is 0. The van der Waals surface area contributed by atoms with Crippen LogP contribution in [-0.2, 0) is 6.18 Å². The summed E-state index contributed by atoms with van der Waals surface area (Å²) in [6.07, 6.45) is -4.44. The average Bonchev–Trinajstić information content (AvgIpc) is 2.15. The van der Waals surface area contributed by atoms with Crippen molar-refractivity contribution in [2.75, 3.05) is 6.67 Å². The Bertz CT molecular complexity index is 356. The van der Waals surface area contributed by atoms with E-state index in [0.29, 0.717) is 4.47 Å². The number of nitrogens with two attached hydrogens (primary N) is 1. The number of rotatable bonds is 2. The molecule has 1 rings (SSSR count). The lowest BCUT2D eigenvalue weighted by molar-refractivity contribution is -0.137. The number of hydrogen-bond donors (Lipinski definition) is 1. The van der Waals surface area contributed by atoms with Crippen molar-refractivity contribution in [1.82, 2.24) is 0 Å². The molecule has 0 aromatic heterocycles. The summed E-state index contributed by atoms with van der Waals surface area (Å²) >= 11 is 3.02. The number of benzene rings is 1. The molecule has 92 valence electrons. The maximum absolute atomic E-state index is 12.3. The average molecular weight is 323 g/mol. The van der Waals surface area contributed by atoms with Crippen LogP contribution in [0, 0.1) is 0 Å². The van der Waals surface area contributed by atoms with Crippen molar-refractivity contribution in [2.24, 2.45) is 5.73 Å². The largest absolute Gasteiger partial charge is 0.416 e. The quantitative estimate of drug-likeness (QED) is 0.822. The summed E-state index contributed by atoms with van der Waals surface area (Å²) < 4.78 is 49.6. The highest BCUT2D eigenvalue weighted by Crippen LogP contribution is 2.33. The molecule has 7 heteroatoms. The van der Waals surface area contributed by atoms with Gasteiger partial charge < -0.3 is 5.73 Å². The number of alkyl halides is 4. The van der Waals surface area contributed by atoms with Gasteiger partial charge in [0.15, 0.2) is 0 Å². The zero-order chi connectivity index (χ0) is 11.6. The Kier molecular flexibility index (Phi) is 5.72. The van der Waals surface area contributed by atoms with Crippen molar-refractivity contribution < 1.29 is 17.6 Å². The van der Waals surface area contributed by atoms with Crippen LogP contribution in [0.25, 0.3) is 0 Å². The Hall–Kier alpha value is -0.330. The van der Waals surface area contributed by atoms with Crippen molar-refractivity contribution in [3.8, 4) is 0 Å². The molecule has 0 saturated heterocycles. The van der Waals surface area contributed by atoms with Crippen molar-refractivity contribution >= 4 is 28.3 Å². The maximum Gasteiger partial charge on any atom is 0.416 e. The summed E-state index contributed by atoms with van der Waals surface area (Å²) in [4.78, 5) is 0. The van der Waals surface area contributed by atoms with Crippen LogP contribution in [0.4, 0.5) is 17.6 Å². The van der Waals surface area contributed by atoms with Gasteiger partial charge in [-0.15, -0.1) is 12.4 Å². The molecule has 16 heavy (non-hydrogen) atoms. The molecular formula is C9H9BrClF4N. The minimum Gasteiger partial charge on any atom is -0.322 e. The van der Waals surface area contributed by atoms with E-state index in [2.05, 4.69) is 15.9 Å². The highest BCUT2D eigenvalue weighted by molar-refractivity contribution is 9.10. The van der Waals surface area contributed by atoms with Crippen molar-refractivity contribution in [3.05, 3.63) is 33.8 Å². The van der Waals surface area contributed by atoms with Crippen molar-refractivity contribution in [1.29, 1.82) is 0 Å². The first-order valence-corrected chi connectivity index (χ1v) is 4.83. The van der Waals surface area contributed by atoms with Crippen LogP contribution < -0.4 is 5.73 Å². The normalized spacial score (nSPS) is 13.1. The molecular weight excluding hydrogens is 313 g/mol. The molecule has 1 aromatic carbocycles. The molecule has 0 fully saturated rings. The molecule has 0 heterocycles. The van der Waals surface area contributed by atoms with Crippen LogP contribution >= 0.6 is 28.3 Å². The van der Waals surface area contributed by atoms with Crippen LogP contribution in [-0.4, -0.2) is 6.67 Å². The van der Waals surface area contributed by atoms with Gasteiger partial charge in [-0.05, 0) is 23.8 Å². The topological polar surface area (TPSA) is 26.0 Å². The van der Waals surface area contributed by atoms with E-state index < -0.39 is 24.5 Å². The molecule has 0 amide bonds. The van der Waals surface area contributed by atoms with E-state index in [9.17, 15) is 17.6 Å². The van der Waals surface area contributed by atoms with E-state index in [-0.39, 0.29) is 18.0 Å². The van der Waals surface area contributed by atoms with Crippen molar-refractivity contribution in [3.63, 3.8) is 0 Å². The maximum atomic E-state index is 12.3. The highest BCUT2D eigenvalue weighted by atomic mass is 79.9. The summed E-state index contributed by atoms with van der Waals surface area (Å²) in [5.41, 5.74) is 4.62. The van der Waals surface area contributed by atoms with Crippen LogP contribution in [0.15, 0.2) is 22.7 Å². The number of halogens is 6. The van der Waals surface area contributed by atoms with E-state index in [0.717, 1.165) is 12.1 Å². The monoisotopic (exact) mass is 321 g/mol. The van der Waals surface area contributed by atoms with Gasteiger partial charge in [-0.2, -0.15) is 13.2 Å². The lowest BCUT2D eigenvalue weighted by Crippen LogP contribution is -2.14. The third-order valence-corrected chi connectivity index (χ3v) is 2.61. The molecule has 2 N–H and O–H groups in total. The molecule has 1 nitrogen and oxygen atoms in total. The lowest BCUT2D eigenvalue weighted by atomic mass is 10.1. The van der Waals surface area contributed by atoms with Gasteiger partial charge in [0.05, 0.1) is 11.6 Å². The third kappa shape index (κ3) is 3.61. The first-order chi connectivity index (χ1) is 6.86. The molecule has 0 radical (unpaired) electrons. The fourth-order valence-electron chi connectivity index (χ4n) is 1.09. The highest BCUT2D eigenvalue weighted by Gasteiger charge is 2.31. The molecule has 0 saturated carbocycles. The van der Waals surface area contributed by atoms with E-state index in [4.69, 9.17) is 5.73 Å². The Labute approximate surface area is 105 Å². The second-order valence-electron chi connectivity index (χ2n) is 2.99. The van der Waals surface area contributed by atoms with E-state index in [1.807, 2.05) is 0 Å². The first kappa shape index (κ1) is 15.7. The van der Waals surface area contributed by atoms with Gasteiger partial charge in [0.2, 0.25) is 0 Å². The summed E-state index contributed by atoms with van der Waals surface area (Å²) in [5, 5.41) is 0. The summed E-state index contributed by atoms with van der Waals surface area (Å²) in [6.45, 7) is -0.903. The SMILES string of the molecule is Cl.N[C@@H](CF)c1cc(C(F)(F)F)ccc1Br. The van der Waals surface area contributed by atoms with Crippen LogP contribution in [0.5, 0.6) is 0 Å². The second-order valence-corrected chi connectivity index (χ2v) is 3.85. The third-order valence-electron chi connectivity index (χ3n) is 1.89. The first-order valence-electron chi connectivity index (χ1n) is 4.04. The fourth-order valence-corrected chi connectivity index (χ4v) is 1.63. The van der Waals surface area contributed by atoms with Crippen molar-refractivity contribution in [2.45, 2.75) is 12.2 Å². The van der Waals surface area contributed by atoms with E-state index in [1.54, 1.807) is 0 Å². The minimum absolute atomic E-state index is 0. The van der Waals surface area contributed by atoms with E-state index in [1.165, 1.54) is 6.07 Å². The fraction of sp³-hybridized carbons (Fsp3) is 0.333. The molecule has 0 aliphatic carbocycles. The molecule has 0 aliphatic heterocycles. The Morgan fingerprint density at radius 2 is 1.88 bits per heavy atom. The second kappa shape index (κ2) is 5.84. The molecule has 0 spiro atoms. The Morgan fingerprint density at radius 1 is 1.31 bits per heavy atom. The minimum atomic E-state index is -4.44. The van der Waals surface area contributed by atoms with Gasteiger partial charge in [0.1, 0.15) is 6.67 Å². The van der Waals surface area contributed by atoms with Crippen LogP contribution in [0.2, 0.25) is 0 Å². The van der Waals surface area contributed by atoms with Gasteiger partial charge in [-0.3, -0.25) is 0 Å². The molecule has 1 atom stereocenters. The lowest BCUT2D eigenvalue weighted by Gasteiger charge is -2.13. The Balaban J connectivity index is 0.00000225. The van der Waals surface area contributed by atoms with E-state index >= 15 is 0 Å². The molecule has 0 aliphatic rings. The summed E-state index contributed by atoms with van der Waals surface area (Å²) in [6, 6.07) is 1.95. The zero-order valence-corrected chi connectivity index (χ0v) is 10.3. The smallest absolute Gasteiger partial charge is 0.322 e. The van der Waals surface area contributed by atoms with Crippen LogP contribution in [0.1, 0.15) is 17.2 Å². The van der Waals surface area contributed by atoms with Gasteiger partial charge in [-0.25, -0.2) is 4.39 Å². The molecule has 0 bridgehead atoms. The van der Waals surface area contributed by atoms with Crippen LogP contribution in [0.3, 0.4) is 0 Å². The van der Waals surface area contributed by atoms with Gasteiger partial charge >= 0.3 is 6.18 Å². The zero-order valence-electron chi connectivity index (χ0n) is 7.89. The van der Waals surface area contributed by atoms with Gasteiger partial charge in [-0.1, -0.05) is 15.9 Å². The number of hydrogen-bond acceptors (Lipinski definition) is 1. The predicted octanol–water partition coefficient (Wildman–Crippen LogP) is 3.86. The molecule has 1 aromatic rings.